The number of esters is 2. The van der Waals surface area contributed by atoms with Crippen LogP contribution in [0.1, 0.15) is 12.8 Å². The number of halogens is 2. The van der Waals surface area contributed by atoms with Crippen molar-refractivity contribution in [3.8, 4) is 0 Å². The first-order valence-electron chi connectivity index (χ1n) is 8.12. The highest BCUT2D eigenvalue weighted by Crippen LogP contribution is 2.42. The van der Waals surface area contributed by atoms with Gasteiger partial charge in [-0.1, -0.05) is 0 Å². The molecule has 0 radical (unpaired) electrons. The Bertz CT molecular complexity index is 458. The third-order valence-corrected chi connectivity index (χ3v) is 5.68. The van der Waals surface area contributed by atoms with E-state index < -0.39 is 31.1 Å². The second kappa shape index (κ2) is 5.37. The zero-order valence-electron chi connectivity index (χ0n) is 12.6. The Hall–Kier alpha value is -1.28. The monoisotopic (exact) mass is 330 g/mol. The minimum Gasteiger partial charge on any atom is -0.459 e. The highest BCUT2D eigenvalue weighted by molar-refractivity contribution is 5.76. The first-order chi connectivity index (χ1) is 10.9. The van der Waals surface area contributed by atoms with Crippen molar-refractivity contribution in [1.82, 2.24) is 10.6 Å². The van der Waals surface area contributed by atoms with Crippen LogP contribution in [0.5, 0.6) is 0 Å². The molecule has 6 rings (SSSR count). The number of hydrogen-bond acceptors (Lipinski definition) is 6. The molecular weight excluding hydrogens is 310 g/mol. The van der Waals surface area contributed by atoms with Gasteiger partial charge in [0, 0.05) is 12.1 Å². The zero-order chi connectivity index (χ0) is 16.2. The van der Waals surface area contributed by atoms with Crippen LogP contribution in [0.3, 0.4) is 0 Å². The van der Waals surface area contributed by atoms with Gasteiger partial charge in [-0.2, -0.15) is 8.78 Å². The van der Waals surface area contributed by atoms with Crippen LogP contribution in [-0.2, 0) is 19.1 Å². The van der Waals surface area contributed by atoms with Crippen LogP contribution in [0, 0.1) is 23.7 Å². The first-order valence-corrected chi connectivity index (χ1v) is 8.12. The van der Waals surface area contributed by atoms with Crippen LogP contribution < -0.4 is 10.6 Å². The number of fused-ring (bicyclic) bond motifs is 2. The van der Waals surface area contributed by atoms with E-state index in [-0.39, 0.29) is 35.8 Å². The number of rotatable bonds is 6. The van der Waals surface area contributed by atoms with Crippen molar-refractivity contribution in [2.45, 2.75) is 30.8 Å². The molecule has 6 atom stereocenters. The van der Waals surface area contributed by atoms with E-state index >= 15 is 0 Å². The average molecular weight is 330 g/mol. The third kappa shape index (κ3) is 2.61. The molecule has 0 aromatic carbocycles. The van der Waals surface area contributed by atoms with E-state index in [1.54, 1.807) is 0 Å². The Kier molecular flexibility index (Phi) is 3.57. The largest absolute Gasteiger partial charge is 0.459 e. The second-order valence-corrected chi connectivity index (χ2v) is 7.14. The van der Waals surface area contributed by atoms with Gasteiger partial charge in [-0.15, -0.1) is 0 Å². The van der Waals surface area contributed by atoms with Crippen LogP contribution in [0.15, 0.2) is 0 Å². The van der Waals surface area contributed by atoms with Crippen LogP contribution >= 0.6 is 0 Å². The topological polar surface area (TPSA) is 76.7 Å². The van der Waals surface area contributed by atoms with E-state index in [0.717, 1.165) is 25.9 Å². The molecule has 2 saturated carbocycles. The van der Waals surface area contributed by atoms with Crippen molar-refractivity contribution < 1.29 is 27.8 Å². The van der Waals surface area contributed by atoms with E-state index in [9.17, 15) is 18.4 Å². The quantitative estimate of drug-likeness (QED) is 0.664. The molecule has 6 unspecified atom stereocenters. The van der Waals surface area contributed by atoms with Gasteiger partial charge in [0.05, 0.1) is 11.8 Å². The minimum atomic E-state index is -3.35. The lowest BCUT2D eigenvalue weighted by Gasteiger charge is -2.33. The van der Waals surface area contributed by atoms with Gasteiger partial charge in [-0.25, -0.2) is 0 Å². The molecular formula is C15H20F2N2O4. The number of alkyl halides is 2. The Labute approximate surface area is 132 Å². The Morgan fingerprint density at radius 2 is 1.35 bits per heavy atom. The summed E-state index contributed by atoms with van der Waals surface area (Å²) in [5.41, 5.74) is 0. The van der Waals surface area contributed by atoms with Gasteiger partial charge in [0.25, 0.3) is 0 Å². The van der Waals surface area contributed by atoms with Gasteiger partial charge >= 0.3 is 17.9 Å². The molecule has 0 aromatic heterocycles. The van der Waals surface area contributed by atoms with E-state index in [1.807, 2.05) is 0 Å². The molecule has 6 fully saturated rings. The summed E-state index contributed by atoms with van der Waals surface area (Å²) >= 11 is 0. The van der Waals surface area contributed by atoms with Gasteiger partial charge in [0.2, 0.25) is 0 Å². The molecule has 0 spiro atoms. The summed E-state index contributed by atoms with van der Waals surface area (Å²) in [5.74, 6) is -4.69. The molecule has 6 nitrogen and oxygen atoms in total. The number of ether oxygens (including phenoxy) is 2. The maximum Gasteiger partial charge on any atom is 0.314 e. The van der Waals surface area contributed by atoms with Crippen molar-refractivity contribution in [2.75, 3.05) is 26.3 Å². The van der Waals surface area contributed by atoms with Crippen molar-refractivity contribution in [1.29, 1.82) is 0 Å². The molecule has 0 amide bonds. The fourth-order valence-corrected chi connectivity index (χ4v) is 4.25. The predicted molar refractivity (Wildman–Crippen MR) is 73.6 cm³/mol. The van der Waals surface area contributed by atoms with Crippen LogP contribution in [-0.4, -0.2) is 56.2 Å². The lowest BCUT2D eigenvalue weighted by Crippen LogP contribution is -2.46. The minimum absolute atomic E-state index is 0.0699. The Morgan fingerprint density at radius 3 is 1.65 bits per heavy atom. The number of carbonyl (C=O) groups excluding carboxylic acids is 2. The second-order valence-electron chi connectivity index (χ2n) is 7.14. The van der Waals surface area contributed by atoms with Gasteiger partial charge in [0.15, 0.2) is 13.2 Å². The van der Waals surface area contributed by atoms with E-state index in [4.69, 9.17) is 9.47 Å². The molecule has 4 saturated heterocycles. The summed E-state index contributed by atoms with van der Waals surface area (Å²) < 4.78 is 37.0. The molecule has 2 N–H and O–H groups in total. The summed E-state index contributed by atoms with van der Waals surface area (Å²) in [4.78, 5) is 23.6. The molecule has 8 heteroatoms. The van der Waals surface area contributed by atoms with Gasteiger partial charge in [-0.3, -0.25) is 9.59 Å². The number of carbonyl (C=O) groups is 2. The highest BCUT2D eigenvalue weighted by atomic mass is 19.3. The maximum absolute atomic E-state index is 13.7. The van der Waals surface area contributed by atoms with Crippen LogP contribution in [0.25, 0.3) is 0 Å². The fraction of sp³-hybridized carbons (Fsp3) is 0.867. The summed E-state index contributed by atoms with van der Waals surface area (Å²) in [6.07, 6.45) is 1.82. The van der Waals surface area contributed by atoms with Crippen molar-refractivity contribution in [3.05, 3.63) is 0 Å². The molecule has 2 aliphatic carbocycles. The van der Waals surface area contributed by atoms with Crippen molar-refractivity contribution in [2.24, 2.45) is 23.7 Å². The predicted octanol–water partition coefficient (Wildman–Crippen LogP) is -0.0761. The Morgan fingerprint density at radius 1 is 0.913 bits per heavy atom. The highest BCUT2D eigenvalue weighted by Gasteiger charge is 2.53. The van der Waals surface area contributed by atoms with Gasteiger partial charge in [0.1, 0.15) is 0 Å². The smallest absolute Gasteiger partial charge is 0.314 e. The normalized spacial score (nSPS) is 40.3. The van der Waals surface area contributed by atoms with Crippen molar-refractivity contribution >= 4 is 11.9 Å². The van der Waals surface area contributed by atoms with Crippen LogP contribution in [0.4, 0.5) is 8.78 Å². The molecule has 0 aromatic rings. The lowest BCUT2D eigenvalue weighted by molar-refractivity contribution is -0.179. The lowest BCUT2D eigenvalue weighted by atomic mass is 9.74. The summed E-state index contributed by atoms with van der Waals surface area (Å²) in [6, 6.07) is 0.140. The van der Waals surface area contributed by atoms with Gasteiger partial charge in [-0.05, 0) is 37.8 Å². The third-order valence-electron chi connectivity index (χ3n) is 5.68. The first kappa shape index (κ1) is 15.3. The molecule has 4 heterocycles. The van der Waals surface area contributed by atoms with E-state index in [2.05, 4.69) is 10.6 Å². The molecule has 23 heavy (non-hydrogen) atoms. The van der Waals surface area contributed by atoms with Crippen molar-refractivity contribution in [3.63, 3.8) is 0 Å². The molecule has 128 valence electrons. The van der Waals surface area contributed by atoms with Gasteiger partial charge < -0.3 is 20.1 Å². The molecule has 6 aliphatic rings. The Balaban J connectivity index is 1.20. The average Bonchev–Trinajstić information content (AvgIpc) is 3.21. The number of hydrogen-bond donors (Lipinski definition) is 2. The maximum atomic E-state index is 13.7. The standard InChI is InChI=1S/C15H20F2N2O4/c16-15(17,5-22-13(20)11-7-1-9(11)18-3-7)6-23-14(21)12-8-2-10(12)19-4-8/h7-12,18-19H,1-6H2. The zero-order valence-corrected chi connectivity index (χ0v) is 12.6. The molecule has 4 bridgehead atoms. The summed E-state index contributed by atoms with van der Waals surface area (Å²) in [5, 5.41) is 6.28. The fourth-order valence-electron chi connectivity index (χ4n) is 4.25. The van der Waals surface area contributed by atoms with E-state index in [1.165, 1.54) is 0 Å². The SMILES string of the molecule is O=C(OCC(F)(F)COC(=O)C1C2CNC1C2)C1C2CNC1C2. The summed E-state index contributed by atoms with van der Waals surface area (Å²) in [6.45, 7) is -0.581. The van der Waals surface area contributed by atoms with Crippen LogP contribution in [0.2, 0.25) is 0 Å². The number of nitrogens with one attached hydrogen (secondary N) is 2. The summed E-state index contributed by atoms with van der Waals surface area (Å²) in [7, 11) is 0. The molecule has 4 aliphatic heterocycles. The van der Waals surface area contributed by atoms with E-state index in [0.29, 0.717) is 0 Å².